The van der Waals surface area contributed by atoms with E-state index in [4.69, 9.17) is 4.74 Å². The van der Waals surface area contributed by atoms with E-state index < -0.39 is 0 Å². The summed E-state index contributed by atoms with van der Waals surface area (Å²) in [7, 11) is 0. The summed E-state index contributed by atoms with van der Waals surface area (Å²) in [5, 5.41) is 0. The highest BCUT2D eigenvalue weighted by Crippen LogP contribution is 2.19. The van der Waals surface area contributed by atoms with Gasteiger partial charge in [-0.05, 0) is 31.0 Å². The lowest BCUT2D eigenvalue weighted by molar-refractivity contribution is -0.121. The lowest BCUT2D eigenvalue weighted by Crippen LogP contribution is -2.21. The lowest BCUT2D eigenvalue weighted by atomic mass is 10.0. The van der Waals surface area contributed by atoms with E-state index in [2.05, 4.69) is 15.9 Å². The monoisotopic (exact) mass is 298 g/mol. The van der Waals surface area contributed by atoms with Gasteiger partial charge in [-0.1, -0.05) is 41.9 Å². The molecule has 3 heteroatoms. The van der Waals surface area contributed by atoms with Gasteiger partial charge in [0, 0.05) is 5.92 Å². The average molecular weight is 299 g/mol. The third kappa shape index (κ3) is 4.50. The van der Waals surface area contributed by atoms with Gasteiger partial charge in [-0.15, -0.1) is 0 Å². The van der Waals surface area contributed by atoms with Gasteiger partial charge in [0.2, 0.25) is 0 Å². The smallest absolute Gasteiger partial charge is 0.149 e. The number of carbonyl (C=O) groups is 1. The van der Waals surface area contributed by atoms with Crippen LogP contribution in [0.1, 0.15) is 26.3 Å². The summed E-state index contributed by atoms with van der Waals surface area (Å²) in [6.07, 6.45) is 0.706. The number of alkyl halides is 1. The number of benzene rings is 1. The van der Waals surface area contributed by atoms with E-state index >= 15 is 0 Å². The summed E-state index contributed by atoms with van der Waals surface area (Å²) in [5.74, 6) is 1.17. The molecule has 1 rings (SSSR count). The van der Waals surface area contributed by atoms with Crippen molar-refractivity contribution in [1.29, 1.82) is 0 Å². The lowest BCUT2D eigenvalue weighted by Gasteiger charge is -2.12. The van der Waals surface area contributed by atoms with Crippen LogP contribution in [0.3, 0.4) is 0 Å². The quantitative estimate of drug-likeness (QED) is 0.750. The van der Waals surface area contributed by atoms with Crippen molar-refractivity contribution in [3.8, 4) is 5.75 Å². The van der Waals surface area contributed by atoms with Gasteiger partial charge in [-0.3, -0.25) is 4.79 Å². The molecule has 0 N–H and O–H groups in total. The van der Waals surface area contributed by atoms with E-state index in [-0.39, 0.29) is 16.5 Å². The van der Waals surface area contributed by atoms with Crippen LogP contribution >= 0.6 is 15.9 Å². The number of rotatable bonds is 6. The maximum absolute atomic E-state index is 11.8. The number of ketones is 1. The first-order valence-corrected chi connectivity index (χ1v) is 6.85. The van der Waals surface area contributed by atoms with Crippen LogP contribution in [0.15, 0.2) is 24.3 Å². The van der Waals surface area contributed by atoms with Crippen molar-refractivity contribution < 1.29 is 9.53 Å². The molecule has 0 saturated heterocycles. The third-order valence-corrected chi connectivity index (χ3v) is 3.28. The SMILES string of the molecule is CCOc1cccc(CC(Br)C(=O)C(C)C)c1. The second kappa shape index (κ2) is 6.80. The zero-order chi connectivity index (χ0) is 12.8. The van der Waals surface area contributed by atoms with Gasteiger partial charge in [0.05, 0.1) is 11.4 Å². The van der Waals surface area contributed by atoms with Crippen LogP contribution in [-0.4, -0.2) is 17.2 Å². The van der Waals surface area contributed by atoms with Crippen LogP contribution in [0.5, 0.6) is 5.75 Å². The molecule has 2 nitrogen and oxygen atoms in total. The molecule has 1 unspecified atom stereocenters. The minimum absolute atomic E-state index is 0.0643. The fraction of sp³-hybridized carbons (Fsp3) is 0.500. The molecule has 0 fully saturated rings. The van der Waals surface area contributed by atoms with Crippen molar-refractivity contribution in [2.75, 3.05) is 6.61 Å². The first kappa shape index (κ1) is 14.2. The van der Waals surface area contributed by atoms with Crippen LogP contribution in [0.4, 0.5) is 0 Å². The molecule has 94 valence electrons. The van der Waals surface area contributed by atoms with Gasteiger partial charge in [0.1, 0.15) is 11.5 Å². The highest BCUT2D eigenvalue weighted by atomic mass is 79.9. The molecule has 0 amide bonds. The normalized spacial score (nSPS) is 12.5. The topological polar surface area (TPSA) is 26.3 Å². The van der Waals surface area contributed by atoms with Gasteiger partial charge < -0.3 is 4.74 Å². The number of hydrogen-bond acceptors (Lipinski definition) is 2. The standard InChI is InChI=1S/C14H19BrO2/c1-4-17-12-7-5-6-11(8-12)9-13(15)14(16)10(2)3/h5-8,10,13H,4,9H2,1-3H3. The Balaban J connectivity index is 2.68. The van der Waals surface area contributed by atoms with Crippen molar-refractivity contribution in [1.82, 2.24) is 0 Å². The Kier molecular flexibility index (Phi) is 5.69. The van der Waals surface area contributed by atoms with Crippen LogP contribution < -0.4 is 4.74 Å². The molecule has 0 radical (unpaired) electrons. The van der Waals surface area contributed by atoms with Crippen molar-refractivity contribution in [3.63, 3.8) is 0 Å². The van der Waals surface area contributed by atoms with Crippen molar-refractivity contribution in [2.24, 2.45) is 5.92 Å². The van der Waals surface area contributed by atoms with Crippen LogP contribution in [0.2, 0.25) is 0 Å². The molecule has 0 aromatic heterocycles. The molecule has 1 atom stereocenters. The Hall–Kier alpha value is -0.830. The zero-order valence-corrected chi connectivity index (χ0v) is 12.2. The van der Waals surface area contributed by atoms with Gasteiger partial charge >= 0.3 is 0 Å². The number of Topliss-reactive ketones (excluding diaryl/α,β-unsaturated/α-hetero) is 1. The summed E-state index contributed by atoms with van der Waals surface area (Å²) in [5.41, 5.74) is 1.12. The van der Waals surface area contributed by atoms with Crippen molar-refractivity contribution in [3.05, 3.63) is 29.8 Å². The summed E-state index contributed by atoms with van der Waals surface area (Å²) in [6.45, 7) is 6.47. The van der Waals surface area contributed by atoms with Crippen LogP contribution in [0, 0.1) is 5.92 Å². The number of carbonyl (C=O) groups excluding carboxylic acids is 1. The maximum Gasteiger partial charge on any atom is 0.149 e. The van der Waals surface area contributed by atoms with Gasteiger partial charge in [0.15, 0.2) is 0 Å². The maximum atomic E-state index is 11.8. The number of hydrogen-bond donors (Lipinski definition) is 0. The van der Waals surface area contributed by atoms with Crippen molar-refractivity contribution >= 4 is 21.7 Å². The van der Waals surface area contributed by atoms with E-state index in [0.29, 0.717) is 13.0 Å². The molecule has 0 aliphatic heterocycles. The minimum Gasteiger partial charge on any atom is -0.494 e. The van der Waals surface area contributed by atoms with E-state index in [0.717, 1.165) is 11.3 Å². The Morgan fingerprint density at radius 3 is 2.71 bits per heavy atom. The molecule has 1 aromatic rings. The Morgan fingerprint density at radius 1 is 1.41 bits per heavy atom. The van der Waals surface area contributed by atoms with Crippen LogP contribution in [-0.2, 0) is 11.2 Å². The first-order valence-electron chi connectivity index (χ1n) is 5.94. The summed E-state index contributed by atoms with van der Waals surface area (Å²) in [4.78, 5) is 11.7. The number of ether oxygens (including phenoxy) is 1. The highest BCUT2D eigenvalue weighted by molar-refractivity contribution is 9.10. The predicted octanol–water partition coefficient (Wildman–Crippen LogP) is 3.62. The predicted molar refractivity (Wildman–Crippen MR) is 73.9 cm³/mol. The summed E-state index contributed by atoms with van der Waals surface area (Å²) >= 11 is 3.45. The van der Waals surface area contributed by atoms with E-state index in [9.17, 15) is 4.79 Å². The second-order valence-electron chi connectivity index (χ2n) is 4.31. The summed E-state index contributed by atoms with van der Waals surface area (Å²) < 4.78 is 5.44. The van der Waals surface area contributed by atoms with E-state index in [1.807, 2.05) is 45.0 Å². The fourth-order valence-corrected chi connectivity index (χ4v) is 2.50. The first-order chi connectivity index (χ1) is 8.04. The molecular weight excluding hydrogens is 280 g/mol. The van der Waals surface area contributed by atoms with Gasteiger partial charge in [-0.25, -0.2) is 0 Å². The number of halogens is 1. The Bertz CT molecular complexity index is 374. The molecule has 0 bridgehead atoms. The molecule has 17 heavy (non-hydrogen) atoms. The second-order valence-corrected chi connectivity index (χ2v) is 5.41. The molecule has 0 aliphatic rings. The Labute approximate surface area is 111 Å². The van der Waals surface area contributed by atoms with Gasteiger partial charge in [0.25, 0.3) is 0 Å². The molecule has 0 heterocycles. The largest absolute Gasteiger partial charge is 0.494 e. The third-order valence-electron chi connectivity index (χ3n) is 2.50. The minimum atomic E-state index is -0.112. The summed E-state index contributed by atoms with van der Waals surface area (Å²) in [6, 6.07) is 7.90. The average Bonchev–Trinajstić information content (AvgIpc) is 2.28. The van der Waals surface area contributed by atoms with Crippen LogP contribution in [0.25, 0.3) is 0 Å². The molecule has 1 aromatic carbocycles. The molecular formula is C14H19BrO2. The van der Waals surface area contributed by atoms with E-state index in [1.54, 1.807) is 0 Å². The van der Waals surface area contributed by atoms with E-state index in [1.165, 1.54) is 0 Å². The fourth-order valence-electron chi connectivity index (χ4n) is 1.60. The molecule has 0 aliphatic carbocycles. The molecule has 0 spiro atoms. The molecule has 0 saturated carbocycles. The zero-order valence-electron chi connectivity index (χ0n) is 10.6. The Morgan fingerprint density at radius 2 is 2.12 bits per heavy atom. The van der Waals surface area contributed by atoms with Gasteiger partial charge in [-0.2, -0.15) is 0 Å². The highest BCUT2D eigenvalue weighted by Gasteiger charge is 2.18. The van der Waals surface area contributed by atoms with Crippen molar-refractivity contribution in [2.45, 2.75) is 32.0 Å².